The summed E-state index contributed by atoms with van der Waals surface area (Å²) in [4.78, 5) is 0. The van der Waals surface area contributed by atoms with Crippen LogP contribution in [-0.4, -0.2) is 14.8 Å². The molecule has 0 aliphatic heterocycles. The van der Waals surface area contributed by atoms with Gasteiger partial charge in [-0.2, -0.15) is 0 Å². The molecule has 0 spiro atoms. The third-order valence-electron chi connectivity index (χ3n) is 4.98. The van der Waals surface area contributed by atoms with Crippen LogP contribution in [0.25, 0.3) is 0 Å². The van der Waals surface area contributed by atoms with Crippen molar-refractivity contribution in [2.75, 3.05) is 0 Å². The van der Waals surface area contributed by atoms with Crippen LogP contribution in [0.15, 0.2) is 36.0 Å². The SMILES string of the molecule is C=CCn1c(CCC2CCCCC2)nnc1SCc1ccc(F)cc1Cl. The molecule has 6 heteroatoms. The number of aromatic nitrogens is 3. The molecular weight excluding hydrogens is 369 g/mol. The first-order chi connectivity index (χ1) is 12.7. The van der Waals surface area contributed by atoms with E-state index in [-0.39, 0.29) is 5.82 Å². The molecule has 1 aliphatic carbocycles. The maximum Gasteiger partial charge on any atom is 0.191 e. The summed E-state index contributed by atoms with van der Waals surface area (Å²) in [6.07, 6.45) is 10.8. The Balaban J connectivity index is 1.64. The average Bonchev–Trinajstić information content (AvgIpc) is 3.02. The van der Waals surface area contributed by atoms with Gasteiger partial charge in [-0.25, -0.2) is 4.39 Å². The molecule has 2 aromatic rings. The first kappa shape index (κ1) is 19.4. The maximum atomic E-state index is 13.2. The lowest BCUT2D eigenvalue weighted by atomic mass is 9.86. The van der Waals surface area contributed by atoms with Crippen LogP contribution >= 0.6 is 23.4 Å². The monoisotopic (exact) mass is 393 g/mol. The first-order valence-corrected chi connectivity index (χ1v) is 10.6. The fourth-order valence-electron chi connectivity index (χ4n) is 3.51. The number of allylic oxidation sites excluding steroid dienone is 1. The highest BCUT2D eigenvalue weighted by Gasteiger charge is 2.17. The van der Waals surface area contributed by atoms with E-state index in [4.69, 9.17) is 11.6 Å². The fraction of sp³-hybridized carbons (Fsp3) is 0.500. The molecule has 0 unspecified atom stereocenters. The summed E-state index contributed by atoms with van der Waals surface area (Å²) in [7, 11) is 0. The van der Waals surface area contributed by atoms with Gasteiger partial charge in [-0.05, 0) is 30.0 Å². The first-order valence-electron chi connectivity index (χ1n) is 9.27. The molecule has 0 bridgehead atoms. The Kier molecular flexibility index (Phi) is 7.15. The van der Waals surface area contributed by atoms with Gasteiger partial charge in [0.25, 0.3) is 0 Å². The van der Waals surface area contributed by atoms with Crippen molar-refractivity contribution in [2.45, 2.75) is 62.4 Å². The second kappa shape index (κ2) is 9.56. The third-order valence-corrected chi connectivity index (χ3v) is 6.35. The highest BCUT2D eigenvalue weighted by Crippen LogP contribution is 2.29. The maximum absolute atomic E-state index is 13.2. The van der Waals surface area contributed by atoms with Crippen molar-refractivity contribution in [1.29, 1.82) is 0 Å². The van der Waals surface area contributed by atoms with Crippen LogP contribution in [-0.2, 0) is 18.7 Å². The number of thioether (sulfide) groups is 1. The van der Waals surface area contributed by atoms with Gasteiger partial charge in [0.2, 0.25) is 0 Å². The van der Waals surface area contributed by atoms with Crippen LogP contribution in [0, 0.1) is 11.7 Å². The van der Waals surface area contributed by atoms with E-state index in [1.807, 2.05) is 6.08 Å². The van der Waals surface area contributed by atoms with Crippen LogP contribution in [0.3, 0.4) is 0 Å². The van der Waals surface area contributed by atoms with Crippen molar-refractivity contribution in [3.63, 3.8) is 0 Å². The molecular formula is C20H25ClFN3S. The number of rotatable bonds is 8. The molecule has 0 atom stereocenters. The van der Waals surface area contributed by atoms with Crippen LogP contribution in [0.4, 0.5) is 4.39 Å². The lowest BCUT2D eigenvalue weighted by Gasteiger charge is -2.21. The van der Waals surface area contributed by atoms with Crippen molar-refractivity contribution in [1.82, 2.24) is 14.8 Å². The second-order valence-corrected chi connectivity index (χ2v) is 8.21. The summed E-state index contributed by atoms with van der Waals surface area (Å²) in [5.41, 5.74) is 0.898. The van der Waals surface area contributed by atoms with Gasteiger partial charge in [0.15, 0.2) is 5.16 Å². The Bertz CT molecular complexity index is 741. The molecule has 1 heterocycles. The summed E-state index contributed by atoms with van der Waals surface area (Å²) in [6, 6.07) is 4.51. The number of aryl methyl sites for hydroxylation is 1. The molecule has 0 radical (unpaired) electrons. The molecule has 1 aromatic carbocycles. The molecule has 3 nitrogen and oxygen atoms in total. The van der Waals surface area contributed by atoms with Crippen LogP contribution in [0.2, 0.25) is 5.02 Å². The highest BCUT2D eigenvalue weighted by molar-refractivity contribution is 7.98. The molecule has 1 fully saturated rings. The Morgan fingerprint density at radius 2 is 2.08 bits per heavy atom. The van der Waals surface area contributed by atoms with E-state index in [2.05, 4.69) is 21.3 Å². The van der Waals surface area contributed by atoms with Crippen LogP contribution in [0.5, 0.6) is 0 Å². The van der Waals surface area contributed by atoms with Gasteiger partial charge >= 0.3 is 0 Å². The number of hydrogen-bond acceptors (Lipinski definition) is 3. The lowest BCUT2D eigenvalue weighted by molar-refractivity contribution is 0.336. The minimum atomic E-state index is -0.316. The lowest BCUT2D eigenvalue weighted by Crippen LogP contribution is -2.10. The molecule has 1 aliphatic rings. The molecule has 140 valence electrons. The van der Waals surface area contributed by atoms with Crippen LogP contribution < -0.4 is 0 Å². The van der Waals surface area contributed by atoms with E-state index in [0.717, 1.165) is 28.9 Å². The van der Waals surface area contributed by atoms with E-state index in [9.17, 15) is 4.39 Å². The summed E-state index contributed by atoms with van der Waals surface area (Å²) in [5, 5.41) is 10.1. The molecule has 1 saturated carbocycles. The van der Waals surface area contributed by atoms with E-state index in [1.54, 1.807) is 17.8 Å². The zero-order chi connectivity index (χ0) is 18.4. The van der Waals surface area contributed by atoms with Crippen molar-refractivity contribution in [2.24, 2.45) is 5.92 Å². The predicted molar refractivity (Wildman–Crippen MR) is 106 cm³/mol. The summed E-state index contributed by atoms with van der Waals surface area (Å²) < 4.78 is 15.3. The standard InChI is InChI=1S/C20H25ClFN3S/c1-2-12-25-19(11-8-15-6-4-3-5-7-15)23-24-20(25)26-14-16-9-10-17(22)13-18(16)21/h2,9-10,13,15H,1,3-8,11-12,14H2. The second-order valence-electron chi connectivity index (χ2n) is 6.87. The molecule has 1 aromatic heterocycles. The van der Waals surface area contributed by atoms with E-state index < -0.39 is 0 Å². The zero-order valence-electron chi connectivity index (χ0n) is 15.0. The molecule has 0 amide bonds. The largest absolute Gasteiger partial charge is 0.302 e. The van der Waals surface area contributed by atoms with Gasteiger partial charge in [-0.1, -0.05) is 67.6 Å². The normalized spacial score (nSPS) is 15.3. The van der Waals surface area contributed by atoms with Gasteiger partial charge in [-0.3, -0.25) is 0 Å². The molecule has 3 rings (SSSR count). The van der Waals surface area contributed by atoms with Gasteiger partial charge in [-0.15, -0.1) is 16.8 Å². The average molecular weight is 394 g/mol. The fourth-order valence-corrected chi connectivity index (χ4v) is 4.80. The minimum Gasteiger partial charge on any atom is -0.302 e. The molecule has 26 heavy (non-hydrogen) atoms. The summed E-state index contributed by atoms with van der Waals surface area (Å²) in [5.74, 6) is 2.18. The van der Waals surface area contributed by atoms with E-state index >= 15 is 0 Å². The third kappa shape index (κ3) is 5.10. The molecule has 0 N–H and O–H groups in total. The zero-order valence-corrected chi connectivity index (χ0v) is 16.5. The number of hydrogen-bond donors (Lipinski definition) is 0. The van der Waals surface area contributed by atoms with Crippen LogP contribution in [0.1, 0.15) is 49.9 Å². The van der Waals surface area contributed by atoms with Gasteiger partial charge in [0.05, 0.1) is 0 Å². The van der Waals surface area contributed by atoms with Gasteiger partial charge in [0.1, 0.15) is 11.6 Å². The highest BCUT2D eigenvalue weighted by atomic mass is 35.5. The number of nitrogens with zero attached hydrogens (tertiary/aromatic N) is 3. The quantitative estimate of drug-likeness (QED) is 0.403. The number of benzene rings is 1. The Morgan fingerprint density at radius 3 is 2.81 bits per heavy atom. The summed E-state index contributed by atoms with van der Waals surface area (Å²) in [6.45, 7) is 4.56. The summed E-state index contributed by atoms with van der Waals surface area (Å²) >= 11 is 7.70. The van der Waals surface area contributed by atoms with Gasteiger partial charge < -0.3 is 4.57 Å². The Labute approximate surface area is 164 Å². The van der Waals surface area contributed by atoms with Gasteiger partial charge in [0, 0.05) is 23.7 Å². The van der Waals surface area contributed by atoms with Crippen molar-refractivity contribution in [3.05, 3.63) is 53.1 Å². The predicted octanol–water partition coefficient (Wildman–Crippen LogP) is 6.06. The molecule has 0 saturated heterocycles. The minimum absolute atomic E-state index is 0.316. The van der Waals surface area contributed by atoms with Crippen molar-refractivity contribution >= 4 is 23.4 Å². The van der Waals surface area contributed by atoms with E-state index in [1.165, 1.54) is 50.7 Å². The smallest absolute Gasteiger partial charge is 0.191 e. The Morgan fingerprint density at radius 1 is 1.27 bits per heavy atom. The Hall–Kier alpha value is -1.33. The van der Waals surface area contributed by atoms with Crippen molar-refractivity contribution in [3.8, 4) is 0 Å². The van der Waals surface area contributed by atoms with Crippen molar-refractivity contribution < 1.29 is 4.39 Å². The number of halogens is 2. The topological polar surface area (TPSA) is 30.7 Å². The van der Waals surface area contributed by atoms with E-state index in [0.29, 0.717) is 17.3 Å².